The normalized spacial score (nSPS) is 15.1. The molecule has 0 spiro atoms. The third kappa shape index (κ3) is 4.77. The number of hydrogen-bond acceptors (Lipinski definition) is 5. The molecule has 3 aromatic heterocycles. The standard InChI is InChI=1S/C32H32N6O2/c1-21(35-31(39)28-29(33)36-37-19-9-18-34-30(28)37)26-20-24-13-8-12-23(17-16-22-10-4-2-5-11-22)27(24)32(40)38(26)25-14-6-3-7-15-25/h3,6-9,12-22H,2,4-5,10-11H2,1H3,(H2,33,36)(H,35,39)/b17-16+/t21-/m1/s1. The van der Waals surface area contributed by atoms with Crippen LogP contribution in [0.3, 0.4) is 0 Å². The van der Waals surface area contributed by atoms with Gasteiger partial charge in [0.05, 0.1) is 11.4 Å². The monoisotopic (exact) mass is 532 g/mol. The van der Waals surface area contributed by atoms with E-state index in [1.54, 1.807) is 23.0 Å². The van der Waals surface area contributed by atoms with Gasteiger partial charge in [0.2, 0.25) is 0 Å². The van der Waals surface area contributed by atoms with Crippen LogP contribution in [0, 0.1) is 5.92 Å². The molecule has 1 atom stereocenters. The Bertz CT molecular complexity index is 1780. The number of carbonyl (C=O) groups excluding carboxylic acids is 1. The van der Waals surface area contributed by atoms with Crippen LogP contribution in [0.1, 0.15) is 66.7 Å². The number of nitrogens with zero attached hydrogens (tertiary/aromatic N) is 4. The maximum Gasteiger partial charge on any atom is 0.263 e. The molecule has 1 aliphatic rings. The number of amides is 1. The molecule has 5 aromatic rings. The van der Waals surface area contributed by atoms with Crippen molar-refractivity contribution in [1.82, 2.24) is 24.5 Å². The summed E-state index contributed by atoms with van der Waals surface area (Å²) in [4.78, 5) is 32.0. The van der Waals surface area contributed by atoms with Crippen molar-refractivity contribution in [2.24, 2.45) is 5.92 Å². The highest BCUT2D eigenvalue weighted by Gasteiger charge is 2.24. The highest BCUT2D eigenvalue weighted by Crippen LogP contribution is 2.28. The molecule has 1 saturated carbocycles. The number of nitrogens with one attached hydrogen (secondary N) is 1. The minimum absolute atomic E-state index is 0.0942. The quantitative estimate of drug-likeness (QED) is 0.292. The Balaban J connectivity index is 1.44. The van der Waals surface area contributed by atoms with Crippen molar-refractivity contribution in [1.29, 1.82) is 0 Å². The van der Waals surface area contributed by atoms with Crippen LogP contribution in [0.2, 0.25) is 0 Å². The summed E-state index contributed by atoms with van der Waals surface area (Å²) in [5.41, 5.74) is 8.85. The van der Waals surface area contributed by atoms with Gasteiger partial charge in [-0.2, -0.15) is 0 Å². The number of benzene rings is 2. The topological polar surface area (TPSA) is 107 Å². The summed E-state index contributed by atoms with van der Waals surface area (Å²) in [5, 5.41) is 8.73. The molecule has 2 aromatic carbocycles. The van der Waals surface area contributed by atoms with Crippen molar-refractivity contribution >= 4 is 34.2 Å². The van der Waals surface area contributed by atoms with Gasteiger partial charge in [0.1, 0.15) is 5.56 Å². The molecule has 8 heteroatoms. The molecule has 0 unspecified atom stereocenters. The van der Waals surface area contributed by atoms with Crippen LogP contribution in [0.4, 0.5) is 5.82 Å². The van der Waals surface area contributed by atoms with E-state index in [-0.39, 0.29) is 16.9 Å². The fraction of sp³-hybridized carbons (Fsp3) is 0.250. The Morgan fingerprint density at radius 2 is 1.88 bits per heavy atom. The predicted molar refractivity (Wildman–Crippen MR) is 158 cm³/mol. The fourth-order valence-corrected chi connectivity index (χ4v) is 5.74. The molecule has 3 heterocycles. The van der Waals surface area contributed by atoms with Gasteiger partial charge in [-0.15, -0.1) is 5.10 Å². The molecular formula is C32H32N6O2. The number of nitrogens with two attached hydrogens (primary N) is 1. The zero-order chi connectivity index (χ0) is 27.6. The summed E-state index contributed by atoms with van der Waals surface area (Å²) in [6.07, 6.45) is 13.9. The third-order valence-corrected chi connectivity index (χ3v) is 7.76. The lowest BCUT2D eigenvalue weighted by atomic mass is 9.88. The first-order valence-corrected chi connectivity index (χ1v) is 13.8. The second kappa shape index (κ2) is 10.8. The molecule has 1 aliphatic carbocycles. The number of allylic oxidation sites excluding steroid dienone is 1. The summed E-state index contributed by atoms with van der Waals surface area (Å²) in [7, 11) is 0. The molecule has 0 saturated heterocycles. The van der Waals surface area contributed by atoms with Crippen molar-refractivity contribution in [2.75, 3.05) is 5.73 Å². The average molecular weight is 533 g/mol. The number of hydrogen-bond donors (Lipinski definition) is 2. The minimum Gasteiger partial charge on any atom is -0.381 e. The zero-order valence-corrected chi connectivity index (χ0v) is 22.5. The van der Waals surface area contributed by atoms with E-state index in [9.17, 15) is 9.59 Å². The van der Waals surface area contributed by atoms with E-state index in [0.717, 1.165) is 16.6 Å². The average Bonchev–Trinajstić information content (AvgIpc) is 3.32. The third-order valence-electron chi connectivity index (χ3n) is 7.76. The lowest BCUT2D eigenvalue weighted by Gasteiger charge is -2.21. The molecule has 0 radical (unpaired) electrons. The SMILES string of the molecule is C[C@@H](NC(=O)c1c(N)nn2cccnc12)c1cc2cccc(/C=C/C3CCCCC3)c2c(=O)n1-c1ccccc1. The number of nitrogen functional groups attached to an aromatic ring is 1. The van der Waals surface area contributed by atoms with Gasteiger partial charge >= 0.3 is 0 Å². The Labute approximate surface area is 232 Å². The Morgan fingerprint density at radius 3 is 2.67 bits per heavy atom. The highest BCUT2D eigenvalue weighted by atomic mass is 16.2. The predicted octanol–water partition coefficient (Wildman–Crippen LogP) is 5.70. The van der Waals surface area contributed by atoms with Gasteiger partial charge in [-0.3, -0.25) is 14.2 Å². The van der Waals surface area contributed by atoms with Gasteiger partial charge in [0.25, 0.3) is 11.5 Å². The summed E-state index contributed by atoms with van der Waals surface area (Å²) >= 11 is 0. The maximum absolute atomic E-state index is 14.2. The number of para-hydroxylation sites is 1. The number of rotatable bonds is 6. The van der Waals surface area contributed by atoms with Crippen LogP contribution in [0.25, 0.3) is 28.2 Å². The van der Waals surface area contributed by atoms with Crippen molar-refractivity contribution in [3.8, 4) is 5.69 Å². The fourth-order valence-electron chi connectivity index (χ4n) is 5.74. The molecule has 8 nitrogen and oxygen atoms in total. The van der Waals surface area contributed by atoms with Crippen LogP contribution < -0.4 is 16.6 Å². The molecule has 202 valence electrons. The molecule has 6 rings (SSSR count). The largest absolute Gasteiger partial charge is 0.381 e. The van der Waals surface area contributed by atoms with E-state index in [2.05, 4.69) is 27.6 Å². The van der Waals surface area contributed by atoms with E-state index < -0.39 is 11.9 Å². The van der Waals surface area contributed by atoms with E-state index in [0.29, 0.717) is 22.6 Å². The minimum atomic E-state index is -0.524. The van der Waals surface area contributed by atoms with Gasteiger partial charge < -0.3 is 11.1 Å². The van der Waals surface area contributed by atoms with Crippen LogP contribution >= 0.6 is 0 Å². The van der Waals surface area contributed by atoms with E-state index >= 15 is 0 Å². The van der Waals surface area contributed by atoms with Crippen LogP contribution in [0.15, 0.2) is 83.9 Å². The molecular weight excluding hydrogens is 500 g/mol. The highest BCUT2D eigenvalue weighted by molar-refractivity contribution is 6.04. The first-order valence-electron chi connectivity index (χ1n) is 13.8. The van der Waals surface area contributed by atoms with Crippen molar-refractivity contribution in [2.45, 2.75) is 45.1 Å². The van der Waals surface area contributed by atoms with Gasteiger partial charge in [-0.1, -0.05) is 67.8 Å². The van der Waals surface area contributed by atoms with Crippen molar-refractivity contribution in [3.05, 3.63) is 106 Å². The van der Waals surface area contributed by atoms with Crippen molar-refractivity contribution < 1.29 is 4.79 Å². The van der Waals surface area contributed by atoms with Gasteiger partial charge in [-0.25, -0.2) is 9.50 Å². The van der Waals surface area contributed by atoms with E-state index in [4.69, 9.17) is 5.73 Å². The second-order valence-corrected chi connectivity index (χ2v) is 10.5. The van der Waals surface area contributed by atoms with Crippen molar-refractivity contribution in [3.63, 3.8) is 0 Å². The van der Waals surface area contributed by atoms with Gasteiger partial charge in [-0.05, 0) is 60.9 Å². The molecule has 3 N–H and O–H groups in total. The number of aromatic nitrogens is 4. The summed E-state index contributed by atoms with van der Waals surface area (Å²) in [6.45, 7) is 1.86. The number of fused-ring (bicyclic) bond motifs is 2. The maximum atomic E-state index is 14.2. The summed E-state index contributed by atoms with van der Waals surface area (Å²) < 4.78 is 3.18. The second-order valence-electron chi connectivity index (χ2n) is 10.5. The smallest absolute Gasteiger partial charge is 0.263 e. The Kier molecular flexibility index (Phi) is 6.90. The van der Waals surface area contributed by atoms with Crippen LogP contribution in [-0.2, 0) is 0 Å². The number of carbonyl (C=O) groups is 1. The molecule has 1 amide bonds. The molecule has 40 heavy (non-hydrogen) atoms. The van der Waals surface area contributed by atoms with Crippen LogP contribution in [-0.4, -0.2) is 25.1 Å². The van der Waals surface area contributed by atoms with Gasteiger partial charge in [0.15, 0.2) is 11.5 Å². The number of pyridine rings is 1. The summed E-state index contributed by atoms with van der Waals surface area (Å²) in [5.74, 6) is 0.239. The zero-order valence-electron chi connectivity index (χ0n) is 22.5. The first-order chi connectivity index (χ1) is 19.5. The lowest BCUT2D eigenvalue weighted by molar-refractivity contribution is 0.0941. The van der Waals surface area contributed by atoms with E-state index in [1.807, 2.05) is 61.5 Å². The first kappa shape index (κ1) is 25.6. The van der Waals surface area contributed by atoms with Gasteiger partial charge in [0, 0.05) is 23.8 Å². The Morgan fingerprint density at radius 1 is 1.07 bits per heavy atom. The lowest BCUT2D eigenvalue weighted by Crippen LogP contribution is -2.32. The molecule has 0 bridgehead atoms. The van der Waals surface area contributed by atoms with E-state index in [1.165, 1.54) is 36.6 Å². The molecule has 0 aliphatic heterocycles. The summed E-state index contributed by atoms with van der Waals surface area (Å²) in [6, 6.07) is 18.6. The molecule has 1 fully saturated rings. The number of anilines is 1. The van der Waals surface area contributed by atoms with Crippen LogP contribution in [0.5, 0.6) is 0 Å². The Hall–Kier alpha value is -4.72.